The molecule has 2 fully saturated rings. The van der Waals surface area contributed by atoms with Crippen LogP contribution in [0.1, 0.15) is 12.8 Å². The van der Waals surface area contributed by atoms with E-state index in [2.05, 4.69) is 4.90 Å². The van der Waals surface area contributed by atoms with Crippen molar-refractivity contribution in [3.05, 3.63) is 0 Å². The van der Waals surface area contributed by atoms with E-state index in [0.29, 0.717) is 19.6 Å². The molecule has 1 aliphatic carbocycles. The van der Waals surface area contributed by atoms with Crippen LogP contribution in [0.2, 0.25) is 0 Å². The minimum Gasteiger partial charge on any atom is -0.329 e. The standard InChI is InChI=1S/C9H19N3O2S.2ClH/c10-3-4-11-5-7-12(8-6-11)15(13,14)9-1-2-9;;/h9H,1-8,10H2;2*1H. The highest BCUT2D eigenvalue weighted by Crippen LogP contribution is 2.31. The second-order valence-corrected chi connectivity index (χ2v) is 6.49. The maximum Gasteiger partial charge on any atom is 0.217 e. The van der Waals surface area contributed by atoms with Gasteiger partial charge in [-0.2, -0.15) is 4.31 Å². The summed E-state index contributed by atoms with van der Waals surface area (Å²) in [5.74, 6) is 0. The molecule has 0 aromatic heterocycles. The van der Waals surface area contributed by atoms with E-state index in [1.807, 2.05) is 0 Å². The van der Waals surface area contributed by atoms with Crippen molar-refractivity contribution in [2.45, 2.75) is 18.1 Å². The topological polar surface area (TPSA) is 66.6 Å². The minimum absolute atomic E-state index is 0. The number of halogens is 2. The number of nitrogens with zero attached hydrogens (tertiary/aromatic N) is 2. The van der Waals surface area contributed by atoms with Crippen molar-refractivity contribution >= 4 is 34.8 Å². The summed E-state index contributed by atoms with van der Waals surface area (Å²) in [6, 6.07) is 0. The quantitative estimate of drug-likeness (QED) is 0.787. The summed E-state index contributed by atoms with van der Waals surface area (Å²) < 4.78 is 25.4. The SMILES string of the molecule is Cl.Cl.NCCN1CCN(S(=O)(=O)C2CC2)CC1. The molecule has 5 nitrogen and oxygen atoms in total. The van der Waals surface area contributed by atoms with Crippen LogP contribution in [0, 0.1) is 0 Å². The zero-order chi connectivity index (χ0) is 10.9. The van der Waals surface area contributed by atoms with Gasteiger partial charge in [0.15, 0.2) is 0 Å². The van der Waals surface area contributed by atoms with Gasteiger partial charge in [0.05, 0.1) is 5.25 Å². The van der Waals surface area contributed by atoms with E-state index in [1.54, 1.807) is 4.31 Å². The normalized spacial score (nSPS) is 22.6. The first-order chi connectivity index (χ1) is 7.14. The Kier molecular flexibility index (Phi) is 7.28. The van der Waals surface area contributed by atoms with Crippen molar-refractivity contribution in [3.63, 3.8) is 0 Å². The van der Waals surface area contributed by atoms with Crippen LogP contribution in [-0.2, 0) is 10.0 Å². The van der Waals surface area contributed by atoms with E-state index in [9.17, 15) is 8.42 Å². The minimum atomic E-state index is -2.95. The van der Waals surface area contributed by atoms with Crippen LogP contribution in [0.3, 0.4) is 0 Å². The van der Waals surface area contributed by atoms with Gasteiger partial charge in [-0.15, -0.1) is 24.8 Å². The third-order valence-electron chi connectivity index (χ3n) is 3.08. The van der Waals surface area contributed by atoms with E-state index < -0.39 is 10.0 Å². The highest BCUT2D eigenvalue weighted by molar-refractivity contribution is 7.90. The van der Waals surface area contributed by atoms with E-state index in [0.717, 1.165) is 32.5 Å². The van der Waals surface area contributed by atoms with Crippen molar-refractivity contribution in [1.29, 1.82) is 0 Å². The Labute approximate surface area is 116 Å². The van der Waals surface area contributed by atoms with Gasteiger partial charge < -0.3 is 5.73 Å². The lowest BCUT2D eigenvalue weighted by atomic mass is 10.3. The molecule has 0 atom stereocenters. The van der Waals surface area contributed by atoms with Crippen LogP contribution >= 0.6 is 24.8 Å². The smallest absolute Gasteiger partial charge is 0.217 e. The van der Waals surface area contributed by atoms with E-state index in [-0.39, 0.29) is 30.1 Å². The maximum absolute atomic E-state index is 11.9. The molecule has 0 aromatic carbocycles. The molecular weight excluding hydrogens is 285 g/mol. The van der Waals surface area contributed by atoms with Crippen molar-refractivity contribution in [2.75, 3.05) is 39.3 Å². The number of rotatable bonds is 4. The molecule has 1 aliphatic heterocycles. The van der Waals surface area contributed by atoms with E-state index in [4.69, 9.17) is 5.73 Å². The molecule has 17 heavy (non-hydrogen) atoms. The van der Waals surface area contributed by atoms with Gasteiger partial charge in [0.25, 0.3) is 0 Å². The Morgan fingerprint density at radius 1 is 1.06 bits per heavy atom. The van der Waals surface area contributed by atoms with Gasteiger partial charge >= 0.3 is 0 Å². The lowest BCUT2D eigenvalue weighted by Crippen LogP contribution is -2.50. The fourth-order valence-corrected chi connectivity index (χ4v) is 3.79. The lowest BCUT2D eigenvalue weighted by Gasteiger charge is -2.33. The first-order valence-electron chi connectivity index (χ1n) is 5.56. The van der Waals surface area contributed by atoms with Gasteiger partial charge in [0.2, 0.25) is 10.0 Å². The average molecular weight is 306 g/mol. The summed E-state index contributed by atoms with van der Waals surface area (Å²) in [4.78, 5) is 2.22. The number of hydrogen-bond acceptors (Lipinski definition) is 4. The second-order valence-electron chi connectivity index (χ2n) is 4.27. The summed E-state index contributed by atoms with van der Waals surface area (Å²) in [6.45, 7) is 4.44. The molecule has 0 bridgehead atoms. The Morgan fingerprint density at radius 3 is 2.00 bits per heavy atom. The van der Waals surface area contributed by atoms with E-state index >= 15 is 0 Å². The predicted octanol–water partition coefficient (Wildman–Crippen LogP) is -0.101. The summed E-state index contributed by atoms with van der Waals surface area (Å²) in [6.07, 6.45) is 1.71. The molecule has 2 aliphatic rings. The summed E-state index contributed by atoms with van der Waals surface area (Å²) in [5.41, 5.74) is 5.46. The van der Waals surface area contributed by atoms with Crippen molar-refractivity contribution < 1.29 is 8.42 Å². The molecule has 1 saturated heterocycles. The fourth-order valence-electron chi connectivity index (χ4n) is 1.97. The summed E-state index contributed by atoms with van der Waals surface area (Å²) in [7, 11) is -2.95. The van der Waals surface area contributed by atoms with Crippen LogP contribution in [0.4, 0.5) is 0 Å². The van der Waals surface area contributed by atoms with Crippen molar-refractivity contribution in [3.8, 4) is 0 Å². The molecule has 0 amide bonds. The zero-order valence-electron chi connectivity index (χ0n) is 9.75. The van der Waals surface area contributed by atoms with Gasteiger partial charge in [0, 0.05) is 39.3 Å². The third kappa shape index (κ3) is 4.22. The van der Waals surface area contributed by atoms with Gasteiger partial charge in [-0.25, -0.2) is 8.42 Å². The lowest BCUT2D eigenvalue weighted by molar-refractivity contribution is 0.192. The molecule has 2 rings (SSSR count). The molecule has 2 N–H and O–H groups in total. The molecule has 0 unspecified atom stereocenters. The Balaban J connectivity index is 0.00000128. The highest BCUT2D eigenvalue weighted by atomic mass is 35.5. The molecule has 1 heterocycles. The van der Waals surface area contributed by atoms with Gasteiger partial charge in [-0.3, -0.25) is 4.90 Å². The van der Waals surface area contributed by atoms with Gasteiger partial charge in [-0.05, 0) is 12.8 Å². The molecule has 0 spiro atoms. The van der Waals surface area contributed by atoms with Crippen LogP contribution in [0.25, 0.3) is 0 Å². The monoisotopic (exact) mass is 305 g/mol. The van der Waals surface area contributed by atoms with Crippen LogP contribution in [-0.4, -0.2) is 62.1 Å². The fraction of sp³-hybridized carbons (Fsp3) is 1.00. The first kappa shape index (κ1) is 17.4. The zero-order valence-corrected chi connectivity index (χ0v) is 12.2. The Hall–Kier alpha value is 0.410. The van der Waals surface area contributed by atoms with Gasteiger partial charge in [-0.1, -0.05) is 0 Å². The second kappa shape index (κ2) is 7.11. The van der Waals surface area contributed by atoms with Crippen LogP contribution in [0.5, 0.6) is 0 Å². The average Bonchev–Trinajstić information content (AvgIpc) is 3.02. The number of nitrogens with two attached hydrogens (primary N) is 1. The van der Waals surface area contributed by atoms with E-state index in [1.165, 1.54) is 0 Å². The molecular formula is C9H21Cl2N3O2S. The maximum atomic E-state index is 11.9. The van der Waals surface area contributed by atoms with Crippen molar-refractivity contribution in [2.24, 2.45) is 5.73 Å². The number of piperazine rings is 1. The number of hydrogen-bond donors (Lipinski definition) is 1. The Bertz CT molecular complexity index is 314. The molecule has 0 aromatic rings. The molecule has 1 saturated carbocycles. The molecule has 8 heteroatoms. The Morgan fingerprint density at radius 2 is 1.59 bits per heavy atom. The van der Waals surface area contributed by atoms with Crippen LogP contribution < -0.4 is 5.73 Å². The largest absolute Gasteiger partial charge is 0.329 e. The van der Waals surface area contributed by atoms with Crippen molar-refractivity contribution in [1.82, 2.24) is 9.21 Å². The van der Waals surface area contributed by atoms with Gasteiger partial charge in [0.1, 0.15) is 0 Å². The third-order valence-corrected chi connectivity index (χ3v) is 5.48. The molecule has 0 radical (unpaired) electrons. The summed E-state index contributed by atoms with van der Waals surface area (Å²) in [5, 5.41) is -0.0708. The summed E-state index contributed by atoms with van der Waals surface area (Å²) >= 11 is 0. The first-order valence-corrected chi connectivity index (χ1v) is 7.06. The number of sulfonamides is 1. The van der Waals surface area contributed by atoms with Crippen LogP contribution in [0.15, 0.2) is 0 Å². The highest BCUT2D eigenvalue weighted by Gasteiger charge is 2.40. The predicted molar refractivity (Wildman–Crippen MR) is 73.5 cm³/mol. The molecule has 104 valence electrons.